The number of aromatic hydroxyl groups is 1. The van der Waals surface area contributed by atoms with E-state index in [9.17, 15) is 15.2 Å². The van der Waals surface area contributed by atoms with Gasteiger partial charge in [-0.1, -0.05) is 17.7 Å². The second-order valence-electron chi connectivity index (χ2n) is 4.70. The van der Waals surface area contributed by atoms with Crippen molar-refractivity contribution < 1.29 is 14.8 Å². The van der Waals surface area contributed by atoms with E-state index in [0.29, 0.717) is 18.7 Å². The summed E-state index contributed by atoms with van der Waals surface area (Å²) in [5, 5.41) is 20.3. The van der Waals surface area contributed by atoms with Gasteiger partial charge in [-0.15, -0.1) is 0 Å². The molecule has 1 N–H and O–H groups in total. The predicted octanol–water partition coefficient (Wildman–Crippen LogP) is 3.11. The van der Waals surface area contributed by atoms with Crippen LogP contribution in [0.15, 0.2) is 47.5 Å². The molecule has 6 nitrogen and oxygen atoms in total. The number of rotatable bonds is 6. The molecule has 0 aliphatic rings. The maximum absolute atomic E-state index is 10.7. The number of nitro groups is 1. The fraction of sp³-hybridized carbons (Fsp3) is 0.188. The molecule has 0 radical (unpaired) electrons. The lowest BCUT2D eigenvalue weighted by Gasteiger charge is -2.04. The second kappa shape index (κ2) is 7.21. The number of nitro benzene ring substituents is 1. The first-order valence-corrected chi connectivity index (χ1v) is 6.73. The lowest BCUT2D eigenvalue weighted by atomic mass is 10.2. The van der Waals surface area contributed by atoms with Gasteiger partial charge in [-0.05, 0) is 25.1 Å². The van der Waals surface area contributed by atoms with Crippen LogP contribution in [0.2, 0.25) is 0 Å². The van der Waals surface area contributed by atoms with Crippen molar-refractivity contribution in [3.05, 3.63) is 63.7 Å². The van der Waals surface area contributed by atoms with E-state index < -0.39 is 4.92 Å². The van der Waals surface area contributed by atoms with Gasteiger partial charge in [0, 0.05) is 23.9 Å². The van der Waals surface area contributed by atoms with E-state index in [0.717, 1.165) is 11.3 Å². The lowest BCUT2D eigenvalue weighted by Crippen LogP contribution is -2.01. The number of aryl methyl sites for hydroxylation is 1. The lowest BCUT2D eigenvalue weighted by molar-refractivity contribution is -0.384. The van der Waals surface area contributed by atoms with Crippen LogP contribution in [0.5, 0.6) is 11.5 Å². The molecule has 6 heteroatoms. The predicted molar refractivity (Wildman–Crippen MR) is 83.9 cm³/mol. The van der Waals surface area contributed by atoms with Crippen LogP contribution in [0.3, 0.4) is 0 Å². The molecule has 22 heavy (non-hydrogen) atoms. The Morgan fingerprint density at radius 1 is 1.27 bits per heavy atom. The van der Waals surface area contributed by atoms with Crippen LogP contribution in [0, 0.1) is 17.0 Å². The summed E-state index contributed by atoms with van der Waals surface area (Å²) in [6, 6.07) is 11.5. The molecule has 0 amide bonds. The van der Waals surface area contributed by atoms with Crippen LogP contribution in [0.4, 0.5) is 5.69 Å². The normalized spacial score (nSPS) is 10.8. The highest BCUT2D eigenvalue weighted by molar-refractivity contribution is 5.84. The Labute approximate surface area is 127 Å². The Kier molecular flexibility index (Phi) is 5.08. The highest BCUT2D eigenvalue weighted by atomic mass is 16.6. The van der Waals surface area contributed by atoms with E-state index in [4.69, 9.17) is 4.74 Å². The summed E-state index contributed by atoms with van der Waals surface area (Å²) < 4.78 is 5.51. The van der Waals surface area contributed by atoms with Crippen LogP contribution in [-0.2, 0) is 0 Å². The number of benzene rings is 2. The molecule has 0 fully saturated rings. The Hall–Kier alpha value is -2.89. The van der Waals surface area contributed by atoms with Crippen LogP contribution in [0.25, 0.3) is 0 Å². The zero-order valence-electron chi connectivity index (χ0n) is 12.1. The maximum Gasteiger partial charge on any atom is 0.270 e. The van der Waals surface area contributed by atoms with Crippen molar-refractivity contribution in [2.75, 3.05) is 13.2 Å². The first-order chi connectivity index (χ1) is 10.6. The summed E-state index contributed by atoms with van der Waals surface area (Å²) in [5.74, 6) is 0.716. The molecule has 0 saturated carbocycles. The van der Waals surface area contributed by atoms with Crippen molar-refractivity contribution in [1.29, 1.82) is 0 Å². The molecule has 0 heterocycles. The Balaban J connectivity index is 1.88. The van der Waals surface area contributed by atoms with Gasteiger partial charge in [0.15, 0.2) is 0 Å². The number of aliphatic imine (C=N–C) groups is 1. The van der Waals surface area contributed by atoms with Crippen LogP contribution >= 0.6 is 0 Å². The molecule has 0 atom stereocenters. The molecule has 2 aromatic carbocycles. The van der Waals surface area contributed by atoms with E-state index in [-0.39, 0.29) is 11.4 Å². The van der Waals surface area contributed by atoms with Crippen molar-refractivity contribution in [1.82, 2.24) is 0 Å². The van der Waals surface area contributed by atoms with Crippen molar-refractivity contribution in [2.24, 2.45) is 4.99 Å². The third-order valence-electron chi connectivity index (χ3n) is 2.96. The summed E-state index contributed by atoms with van der Waals surface area (Å²) in [4.78, 5) is 14.3. The highest BCUT2D eigenvalue weighted by Crippen LogP contribution is 2.21. The summed E-state index contributed by atoms with van der Waals surface area (Å²) in [5.41, 5.74) is 1.38. The van der Waals surface area contributed by atoms with Crippen molar-refractivity contribution in [3.63, 3.8) is 0 Å². The fourth-order valence-corrected chi connectivity index (χ4v) is 1.77. The van der Waals surface area contributed by atoms with Crippen molar-refractivity contribution in [2.45, 2.75) is 6.92 Å². The smallest absolute Gasteiger partial charge is 0.270 e. The number of phenols is 1. The van der Waals surface area contributed by atoms with Gasteiger partial charge in [0.1, 0.15) is 18.1 Å². The molecule has 0 bridgehead atoms. The summed E-state index contributed by atoms with van der Waals surface area (Å²) >= 11 is 0. The van der Waals surface area contributed by atoms with Crippen molar-refractivity contribution in [3.8, 4) is 11.5 Å². The number of hydrogen-bond donors (Lipinski definition) is 1. The van der Waals surface area contributed by atoms with Gasteiger partial charge >= 0.3 is 0 Å². The molecule has 0 spiro atoms. The average Bonchev–Trinajstić information content (AvgIpc) is 2.50. The molecule has 0 aliphatic carbocycles. The van der Waals surface area contributed by atoms with E-state index in [1.54, 1.807) is 0 Å². The van der Waals surface area contributed by atoms with Gasteiger partial charge in [0.25, 0.3) is 5.69 Å². The molecule has 2 aromatic rings. The SMILES string of the molecule is Cc1ccc(OCCN=Cc2cc([N+](=O)[O-])ccc2O)cc1. The van der Waals surface area contributed by atoms with E-state index in [1.165, 1.54) is 24.4 Å². The number of ether oxygens (including phenoxy) is 1. The van der Waals surface area contributed by atoms with E-state index >= 15 is 0 Å². The third kappa shape index (κ3) is 4.31. The van der Waals surface area contributed by atoms with Gasteiger partial charge < -0.3 is 9.84 Å². The molecule has 0 aliphatic heterocycles. The summed E-state index contributed by atoms with van der Waals surface area (Å²) in [7, 11) is 0. The largest absolute Gasteiger partial charge is 0.507 e. The van der Waals surface area contributed by atoms with Gasteiger partial charge in [-0.3, -0.25) is 15.1 Å². The summed E-state index contributed by atoms with van der Waals surface area (Å²) in [6.07, 6.45) is 1.40. The minimum atomic E-state index is -0.517. The van der Waals surface area contributed by atoms with Crippen LogP contribution < -0.4 is 4.74 Å². The van der Waals surface area contributed by atoms with Crippen molar-refractivity contribution >= 4 is 11.9 Å². The monoisotopic (exact) mass is 300 g/mol. The highest BCUT2D eigenvalue weighted by Gasteiger charge is 2.08. The number of non-ortho nitro benzene ring substituents is 1. The Morgan fingerprint density at radius 3 is 2.68 bits per heavy atom. The summed E-state index contributed by atoms with van der Waals surface area (Å²) in [6.45, 7) is 2.77. The maximum atomic E-state index is 10.7. The molecule has 0 saturated heterocycles. The molecular formula is C16H16N2O4. The van der Waals surface area contributed by atoms with Gasteiger partial charge in [-0.25, -0.2) is 0 Å². The number of nitrogens with zero attached hydrogens (tertiary/aromatic N) is 2. The molecule has 0 unspecified atom stereocenters. The zero-order valence-corrected chi connectivity index (χ0v) is 12.1. The van der Waals surface area contributed by atoms with E-state index in [2.05, 4.69) is 4.99 Å². The molecular weight excluding hydrogens is 284 g/mol. The first kappa shape index (κ1) is 15.5. The van der Waals surface area contributed by atoms with Gasteiger partial charge in [-0.2, -0.15) is 0 Å². The number of hydrogen-bond acceptors (Lipinski definition) is 5. The minimum absolute atomic E-state index is 0.0474. The molecule has 0 aromatic heterocycles. The molecule has 2 rings (SSSR count). The first-order valence-electron chi connectivity index (χ1n) is 6.73. The van der Waals surface area contributed by atoms with Gasteiger partial charge in [0.05, 0.1) is 11.5 Å². The Morgan fingerprint density at radius 2 is 2.00 bits per heavy atom. The number of phenolic OH excluding ortho intramolecular Hbond substituents is 1. The van der Waals surface area contributed by atoms with Gasteiger partial charge in [0.2, 0.25) is 0 Å². The second-order valence-corrected chi connectivity index (χ2v) is 4.70. The topological polar surface area (TPSA) is 85.0 Å². The Bertz CT molecular complexity index is 681. The average molecular weight is 300 g/mol. The fourth-order valence-electron chi connectivity index (χ4n) is 1.77. The van der Waals surface area contributed by atoms with E-state index in [1.807, 2.05) is 31.2 Å². The quantitative estimate of drug-likeness (QED) is 0.384. The third-order valence-corrected chi connectivity index (χ3v) is 2.96. The van der Waals surface area contributed by atoms with Crippen LogP contribution in [0.1, 0.15) is 11.1 Å². The van der Waals surface area contributed by atoms with Crippen LogP contribution in [-0.4, -0.2) is 29.4 Å². The zero-order chi connectivity index (χ0) is 15.9. The molecule has 114 valence electrons. The minimum Gasteiger partial charge on any atom is -0.507 e. The standard InChI is InChI=1S/C16H16N2O4/c1-12-2-5-15(6-3-12)22-9-8-17-11-13-10-14(18(20)21)4-7-16(13)19/h2-7,10-11,19H,8-9H2,1H3.